The highest BCUT2D eigenvalue weighted by Gasteiger charge is 2.33. The number of aromatic amines is 1. The first-order chi connectivity index (χ1) is 27.3. The van der Waals surface area contributed by atoms with Crippen molar-refractivity contribution < 1.29 is 33.8 Å². The normalized spacial score (nSPS) is 18.2. The Morgan fingerprint density at radius 1 is 0.965 bits per heavy atom. The van der Waals surface area contributed by atoms with Gasteiger partial charge in [0.25, 0.3) is 0 Å². The van der Waals surface area contributed by atoms with Crippen LogP contribution in [0.5, 0.6) is 0 Å². The Hall–Kier alpha value is -3.66. The van der Waals surface area contributed by atoms with E-state index in [2.05, 4.69) is 50.0 Å². The van der Waals surface area contributed by atoms with Crippen molar-refractivity contribution in [1.29, 1.82) is 0 Å². The van der Waals surface area contributed by atoms with E-state index in [0.29, 0.717) is 44.2 Å². The number of thioether (sulfide) groups is 1. The first-order valence-corrected chi connectivity index (χ1v) is 21.8. The second-order valence-corrected chi connectivity index (χ2v) is 18.1. The van der Waals surface area contributed by atoms with Gasteiger partial charge in [-0.1, -0.05) is 76.3 Å². The number of H-pyrrole nitrogens is 1. The largest absolute Gasteiger partial charge is 0.444 e. The molecule has 57 heavy (non-hydrogen) atoms. The molecule has 1 aliphatic carbocycles. The lowest BCUT2D eigenvalue weighted by atomic mass is 9.83. The van der Waals surface area contributed by atoms with Crippen molar-refractivity contribution in [3.8, 4) is 0 Å². The van der Waals surface area contributed by atoms with Gasteiger partial charge in [-0.2, -0.15) is 0 Å². The number of carbonyl (C=O) groups is 4. The van der Waals surface area contributed by atoms with E-state index in [0.717, 1.165) is 50.9 Å². The number of hydrogen-bond donors (Lipinski definition) is 6. The molecular formula is C42H67N7O7S. The molecule has 0 radical (unpaired) electrons. The molecule has 318 valence electrons. The summed E-state index contributed by atoms with van der Waals surface area (Å²) in [7, 11) is 0. The number of nitrogens with zero attached hydrogens (tertiary/aromatic N) is 2. The van der Waals surface area contributed by atoms with Crippen molar-refractivity contribution in [2.24, 2.45) is 11.8 Å². The van der Waals surface area contributed by atoms with Crippen molar-refractivity contribution in [3.05, 3.63) is 54.1 Å². The molecule has 1 unspecified atom stereocenters. The number of ether oxygens (including phenoxy) is 2. The summed E-state index contributed by atoms with van der Waals surface area (Å²) in [5, 5.41) is 23.3. The Labute approximate surface area is 343 Å². The van der Waals surface area contributed by atoms with Gasteiger partial charge >= 0.3 is 6.09 Å². The minimum atomic E-state index is -1.06. The van der Waals surface area contributed by atoms with E-state index in [1.165, 1.54) is 24.5 Å². The molecule has 0 spiro atoms. The van der Waals surface area contributed by atoms with Gasteiger partial charge in [0.2, 0.25) is 17.7 Å². The molecule has 2 aromatic rings. The number of aromatic nitrogens is 2. The van der Waals surface area contributed by atoms with Gasteiger partial charge in [-0.25, -0.2) is 9.78 Å². The van der Waals surface area contributed by atoms with Crippen molar-refractivity contribution in [3.63, 3.8) is 0 Å². The van der Waals surface area contributed by atoms with Gasteiger partial charge < -0.3 is 40.8 Å². The highest BCUT2D eigenvalue weighted by atomic mass is 32.2. The average Bonchev–Trinajstić information content (AvgIpc) is 3.69. The summed E-state index contributed by atoms with van der Waals surface area (Å²) in [5.41, 5.74) is 0.666. The minimum absolute atomic E-state index is 0.0468. The molecule has 6 N–H and O–H groups in total. The number of rotatable bonds is 21. The number of hydrogen-bond acceptors (Lipinski definition) is 10. The molecule has 1 saturated carbocycles. The fourth-order valence-corrected chi connectivity index (χ4v) is 8.69. The van der Waals surface area contributed by atoms with Crippen LogP contribution in [0.1, 0.15) is 90.8 Å². The van der Waals surface area contributed by atoms with Crippen LogP contribution in [0.2, 0.25) is 0 Å². The molecule has 15 heteroatoms. The van der Waals surface area contributed by atoms with E-state index in [1.54, 1.807) is 27.0 Å². The van der Waals surface area contributed by atoms with Crippen LogP contribution in [0.4, 0.5) is 4.79 Å². The number of amides is 4. The van der Waals surface area contributed by atoms with Gasteiger partial charge in [0.05, 0.1) is 36.9 Å². The predicted octanol–water partition coefficient (Wildman–Crippen LogP) is 3.99. The molecule has 4 rings (SSSR count). The van der Waals surface area contributed by atoms with Crippen LogP contribution < -0.4 is 21.3 Å². The van der Waals surface area contributed by atoms with Crippen LogP contribution in [0.15, 0.2) is 42.9 Å². The second kappa shape index (κ2) is 23.7. The van der Waals surface area contributed by atoms with Crippen molar-refractivity contribution in [2.45, 2.75) is 127 Å². The van der Waals surface area contributed by atoms with Gasteiger partial charge in [-0.05, 0) is 51.0 Å². The number of carbonyl (C=O) groups excluding carboxylic acids is 4. The topological polar surface area (TPSA) is 187 Å². The average molecular weight is 814 g/mol. The summed E-state index contributed by atoms with van der Waals surface area (Å²) < 4.78 is 10.9. The van der Waals surface area contributed by atoms with Crippen LogP contribution in [-0.2, 0) is 36.7 Å². The minimum Gasteiger partial charge on any atom is -0.444 e. The van der Waals surface area contributed by atoms with Crippen LogP contribution >= 0.6 is 11.8 Å². The first kappa shape index (κ1) is 46.0. The zero-order chi connectivity index (χ0) is 41.2. The summed E-state index contributed by atoms with van der Waals surface area (Å²) in [6.45, 7) is 13.8. The van der Waals surface area contributed by atoms with E-state index in [4.69, 9.17) is 9.47 Å². The van der Waals surface area contributed by atoms with E-state index in [9.17, 15) is 24.3 Å². The van der Waals surface area contributed by atoms with Crippen LogP contribution in [-0.4, -0.2) is 124 Å². The van der Waals surface area contributed by atoms with Gasteiger partial charge in [-0.15, -0.1) is 11.8 Å². The fraction of sp³-hybridized carbons (Fsp3) is 0.690. The standard InChI is InChI=1S/C42H67N7O7S/c1-29(2)22-37(40(53)44-16-17-49-18-20-55-21-19-49)57-27-36(50)33(23-30-12-8-6-9-13-30)46-39(52)35(25-32-26-43-28-45-32)47-38(51)34(24-31-14-10-7-11-15-31)48-41(54)56-42(3,4)5/h7,10-11,14-15,26,28-30,33-37,50H,6,8-9,12-13,16-25,27H2,1-5H3,(H,43,45)(H,44,53)(H,46,52)(H,47,51)(H,48,54)/t33-,34-,35-,36-,37?/m0/s1. The molecule has 1 aromatic carbocycles. The molecule has 0 bridgehead atoms. The molecule has 2 fully saturated rings. The molecule has 14 nitrogen and oxygen atoms in total. The number of morpholine rings is 1. The SMILES string of the molecule is CC(C)CC(SC[C@H](O)[C@H](CC1CCCCC1)NC(=O)[C@H](Cc1cnc[nH]1)NC(=O)[C@H](Cc1ccccc1)NC(=O)OC(C)(C)C)C(=O)NCCN1CCOCC1. The zero-order valence-electron chi connectivity index (χ0n) is 34.6. The first-order valence-electron chi connectivity index (χ1n) is 20.7. The Kier molecular flexibility index (Phi) is 19.1. The highest BCUT2D eigenvalue weighted by Crippen LogP contribution is 2.29. The maximum absolute atomic E-state index is 14.3. The maximum Gasteiger partial charge on any atom is 0.408 e. The highest BCUT2D eigenvalue weighted by molar-refractivity contribution is 8.00. The number of aliphatic hydroxyl groups excluding tert-OH is 1. The lowest BCUT2D eigenvalue weighted by Gasteiger charge is -2.32. The van der Waals surface area contributed by atoms with Crippen LogP contribution in [0.25, 0.3) is 0 Å². The second-order valence-electron chi connectivity index (χ2n) is 16.8. The van der Waals surface area contributed by atoms with Crippen LogP contribution in [0.3, 0.4) is 0 Å². The van der Waals surface area contributed by atoms with Gasteiger partial charge in [0.1, 0.15) is 17.7 Å². The smallest absolute Gasteiger partial charge is 0.408 e. The Morgan fingerprint density at radius 3 is 2.30 bits per heavy atom. The lowest BCUT2D eigenvalue weighted by Crippen LogP contribution is -2.58. The maximum atomic E-state index is 14.3. The monoisotopic (exact) mass is 813 g/mol. The number of nitrogens with one attached hydrogen (secondary N) is 5. The number of aliphatic hydroxyl groups is 1. The van der Waals surface area contributed by atoms with E-state index < -0.39 is 47.7 Å². The Morgan fingerprint density at radius 2 is 1.65 bits per heavy atom. The quantitative estimate of drug-likeness (QED) is 0.108. The number of alkyl carbamates (subject to hydrolysis) is 1. The zero-order valence-corrected chi connectivity index (χ0v) is 35.4. The summed E-state index contributed by atoms with van der Waals surface area (Å²) in [4.78, 5) is 64.1. The number of imidazole rings is 1. The van der Waals surface area contributed by atoms with Gasteiger partial charge in [0.15, 0.2) is 0 Å². The van der Waals surface area contributed by atoms with Crippen molar-refractivity contribution in [1.82, 2.24) is 36.1 Å². The lowest BCUT2D eigenvalue weighted by molar-refractivity contribution is -0.130. The third-order valence-electron chi connectivity index (χ3n) is 10.3. The third kappa shape index (κ3) is 17.4. The van der Waals surface area contributed by atoms with E-state index in [1.807, 2.05) is 30.3 Å². The molecule has 1 aromatic heterocycles. The Bertz CT molecular complexity index is 1500. The summed E-state index contributed by atoms with van der Waals surface area (Å²) in [5.74, 6) is -0.215. The van der Waals surface area contributed by atoms with E-state index in [-0.39, 0.29) is 35.7 Å². The molecule has 2 aliphatic rings. The molecule has 2 heterocycles. The molecule has 4 amide bonds. The van der Waals surface area contributed by atoms with E-state index >= 15 is 0 Å². The van der Waals surface area contributed by atoms with Crippen molar-refractivity contribution >= 4 is 35.6 Å². The molecular weight excluding hydrogens is 747 g/mol. The molecule has 5 atom stereocenters. The predicted molar refractivity (Wildman–Crippen MR) is 223 cm³/mol. The van der Waals surface area contributed by atoms with Crippen molar-refractivity contribution in [2.75, 3.05) is 45.1 Å². The third-order valence-corrected chi connectivity index (χ3v) is 11.6. The van der Waals surface area contributed by atoms with Gasteiger partial charge in [0, 0.05) is 56.7 Å². The summed E-state index contributed by atoms with van der Waals surface area (Å²) in [6, 6.07) is 6.59. The summed E-state index contributed by atoms with van der Waals surface area (Å²) in [6.07, 6.45) is 8.31. The number of benzene rings is 1. The van der Waals surface area contributed by atoms with Gasteiger partial charge in [-0.3, -0.25) is 19.3 Å². The summed E-state index contributed by atoms with van der Waals surface area (Å²) >= 11 is 1.42. The fourth-order valence-electron chi connectivity index (χ4n) is 7.27. The molecule has 1 aliphatic heterocycles. The molecule has 1 saturated heterocycles. The van der Waals surface area contributed by atoms with Crippen LogP contribution in [0, 0.1) is 11.8 Å². The Balaban J connectivity index is 1.48.